The average Bonchev–Trinajstić information content (AvgIpc) is 2.34. The maximum Gasteiger partial charge on any atom is 0.263 e. The van der Waals surface area contributed by atoms with Crippen LogP contribution in [-0.4, -0.2) is 15.9 Å². The second-order valence-corrected chi connectivity index (χ2v) is 4.55. The second-order valence-electron chi connectivity index (χ2n) is 3.77. The molecule has 0 spiro atoms. The Morgan fingerprint density at radius 3 is 2.79 bits per heavy atom. The lowest BCUT2D eigenvalue weighted by Gasteiger charge is -2.07. The number of anilines is 1. The minimum Gasteiger partial charge on any atom is -0.320 e. The van der Waals surface area contributed by atoms with E-state index in [4.69, 9.17) is 23.2 Å². The Bertz CT molecular complexity index is 698. The van der Waals surface area contributed by atoms with Gasteiger partial charge in [-0.15, -0.1) is 0 Å². The number of aryl methyl sites for hydroxylation is 1. The molecule has 0 saturated heterocycles. The van der Waals surface area contributed by atoms with Crippen LogP contribution >= 0.6 is 23.2 Å². The number of aromatic amines is 1. The Balaban J connectivity index is 2.31. The summed E-state index contributed by atoms with van der Waals surface area (Å²) >= 11 is 11.8. The molecule has 1 aromatic heterocycles. The topological polar surface area (TPSA) is 74.8 Å². The number of nitrogens with zero attached hydrogens (tertiary/aromatic N) is 1. The van der Waals surface area contributed by atoms with E-state index in [0.29, 0.717) is 16.5 Å². The largest absolute Gasteiger partial charge is 0.320 e. The zero-order valence-electron chi connectivity index (χ0n) is 9.83. The molecule has 2 aromatic rings. The molecule has 0 aliphatic heterocycles. The van der Waals surface area contributed by atoms with Crippen molar-refractivity contribution in [2.45, 2.75) is 6.92 Å². The number of amides is 1. The van der Waals surface area contributed by atoms with E-state index in [9.17, 15) is 9.59 Å². The minimum atomic E-state index is -0.599. The highest BCUT2D eigenvalue weighted by Crippen LogP contribution is 2.29. The Hall–Kier alpha value is -1.85. The van der Waals surface area contributed by atoms with E-state index < -0.39 is 11.5 Å². The van der Waals surface area contributed by atoms with Crippen LogP contribution in [0, 0.1) is 6.92 Å². The highest BCUT2D eigenvalue weighted by atomic mass is 35.5. The van der Waals surface area contributed by atoms with E-state index >= 15 is 0 Å². The minimum absolute atomic E-state index is 0.0957. The van der Waals surface area contributed by atoms with E-state index in [1.165, 1.54) is 6.20 Å². The summed E-state index contributed by atoms with van der Waals surface area (Å²) in [4.78, 5) is 29.9. The molecule has 98 valence electrons. The summed E-state index contributed by atoms with van der Waals surface area (Å²) in [6, 6.07) is 4.82. The van der Waals surface area contributed by atoms with Gasteiger partial charge in [0, 0.05) is 6.20 Å². The lowest BCUT2D eigenvalue weighted by atomic mass is 10.2. The van der Waals surface area contributed by atoms with Gasteiger partial charge < -0.3 is 10.3 Å². The Morgan fingerprint density at radius 1 is 1.37 bits per heavy atom. The van der Waals surface area contributed by atoms with Gasteiger partial charge in [-0.3, -0.25) is 9.59 Å². The third-order valence-corrected chi connectivity index (χ3v) is 3.19. The molecule has 0 bridgehead atoms. The predicted molar refractivity (Wildman–Crippen MR) is 74.0 cm³/mol. The van der Waals surface area contributed by atoms with Gasteiger partial charge in [0.15, 0.2) is 0 Å². The predicted octanol–water partition coefficient (Wildman–Crippen LogP) is 2.64. The molecule has 0 radical (unpaired) electrons. The highest BCUT2D eigenvalue weighted by molar-refractivity contribution is 6.44. The van der Waals surface area contributed by atoms with Crippen molar-refractivity contribution in [3.8, 4) is 0 Å². The van der Waals surface area contributed by atoms with Crippen LogP contribution in [0.4, 0.5) is 5.69 Å². The molecule has 5 nitrogen and oxygen atoms in total. The summed E-state index contributed by atoms with van der Waals surface area (Å²) in [5, 5.41) is 3.04. The average molecular weight is 298 g/mol. The highest BCUT2D eigenvalue weighted by Gasteiger charge is 2.13. The summed E-state index contributed by atoms with van der Waals surface area (Å²) in [6.45, 7) is 1.62. The normalized spacial score (nSPS) is 10.3. The molecule has 2 rings (SSSR count). The number of benzene rings is 1. The van der Waals surface area contributed by atoms with Gasteiger partial charge in [-0.05, 0) is 19.1 Å². The van der Waals surface area contributed by atoms with Crippen molar-refractivity contribution in [3.63, 3.8) is 0 Å². The fraction of sp³-hybridized carbons (Fsp3) is 0.0833. The standard InChI is InChI=1S/C12H9Cl2N3O2/c1-6-15-5-7(11(18)16-6)12(19)17-9-4-2-3-8(13)10(9)14/h2-5H,1H3,(H,17,19)(H,15,16,18). The number of rotatable bonds is 2. The number of halogens is 2. The van der Waals surface area contributed by atoms with Crippen molar-refractivity contribution in [1.82, 2.24) is 9.97 Å². The first-order valence-electron chi connectivity index (χ1n) is 5.30. The lowest BCUT2D eigenvalue weighted by Crippen LogP contribution is -2.24. The summed E-state index contributed by atoms with van der Waals surface area (Å²) in [7, 11) is 0. The van der Waals surface area contributed by atoms with Gasteiger partial charge in [0.25, 0.3) is 11.5 Å². The van der Waals surface area contributed by atoms with Crippen LogP contribution in [-0.2, 0) is 0 Å². The zero-order chi connectivity index (χ0) is 14.0. The molecular formula is C12H9Cl2N3O2. The van der Waals surface area contributed by atoms with Gasteiger partial charge in [-0.1, -0.05) is 29.3 Å². The summed E-state index contributed by atoms with van der Waals surface area (Å²) in [5.74, 6) is -0.166. The van der Waals surface area contributed by atoms with E-state index in [0.717, 1.165) is 0 Å². The fourth-order valence-electron chi connectivity index (χ4n) is 1.44. The maximum atomic E-state index is 11.9. The van der Waals surface area contributed by atoms with Crippen LogP contribution in [0.2, 0.25) is 10.0 Å². The molecule has 7 heteroatoms. The number of hydrogen-bond acceptors (Lipinski definition) is 3. The van der Waals surface area contributed by atoms with E-state index in [-0.39, 0.29) is 10.6 Å². The summed E-state index contributed by atoms with van der Waals surface area (Å²) in [6.07, 6.45) is 1.21. The van der Waals surface area contributed by atoms with Crippen molar-refractivity contribution in [3.05, 3.63) is 56.2 Å². The van der Waals surface area contributed by atoms with Crippen molar-refractivity contribution >= 4 is 34.8 Å². The monoisotopic (exact) mass is 297 g/mol. The molecule has 2 N–H and O–H groups in total. The number of hydrogen-bond donors (Lipinski definition) is 2. The van der Waals surface area contributed by atoms with Crippen molar-refractivity contribution in [2.75, 3.05) is 5.32 Å². The van der Waals surface area contributed by atoms with Crippen LogP contribution in [0.5, 0.6) is 0 Å². The third-order valence-electron chi connectivity index (χ3n) is 2.37. The molecule has 1 aromatic carbocycles. The molecular weight excluding hydrogens is 289 g/mol. The van der Waals surface area contributed by atoms with Crippen molar-refractivity contribution in [2.24, 2.45) is 0 Å². The fourth-order valence-corrected chi connectivity index (χ4v) is 1.78. The van der Waals surface area contributed by atoms with Gasteiger partial charge in [0.1, 0.15) is 11.4 Å². The molecule has 0 aliphatic carbocycles. The zero-order valence-corrected chi connectivity index (χ0v) is 11.3. The van der Waals surface area contributed by atoms with Gasteiger partial charge >= 0.3 is 0 Å². The Kier molecular flexibility index (Phi) is 3.87. The van der Waals surface area contributed by atoms with E-state index in [1.54, 1.807) is 25.1 Å². The first kappa shape index (κ1) is 13.6. The first-order valence-corrected chi connectivity index (χ1v) is 6.06. The number of nitrogens with one attached hydrogen (secondary N) is 2. The Labute approximate surface area is 118 Å². The third kappa shape index (κ3) is 2.94. The van der Waals surface area contributed by atoms with E-state index in [1.807, 2.05) is 0 Å². The van der Waals surface area contributed by atoms with Gasteiger partial charge in [0.05, 0.1) is 15.7 Å². The van der Waals surface area contributed by atoms with Crippen LogP contribution in [0.25, 0.3) is 0 Å². The van der Waals surface area contributed by atoms with Crippen molar-refractivity contribution < 1.29 is 4.79 Å². The second kappa shape index (κ2) is 5.42. The summed E-state index contributed by atoms with van der Waals surface area (Å²) < 4.78 is 0. The van der Waals surface area contributed by atoms with Crippen LogP contribution < -0.4 is 10.9 Å². The molecule has 0 atom stereocenters. The number of carbonyl (C=O) groups is 1. The molecule has 0 saturated carbocycles. The van der Waals surface area contributed by atoms with Crippen LogP contribution in [0.1, 0.15) is 16.2 Å². The molecule has 1 heterocycles. The maximum absolute atomic E-state index is 11.9. The SMILES string of the molecule is Cc1ncc(C(=O)Nc2cccc(Cl)c2Cl)c(=O)[nH]1. The van der Waals surface area contributed by atoms with Gasteiger partial charge in [-0.25, -0.2) is 4.98 Å². The number of H-pyrrole nitrogens is 1. The van der Waals surface area contributed by atoms with E-state index in [2.05, 4.69) is 15.3 Å². The number of carbonyl (C=O) groups excluding carboxylic acids is 1. The molecule has 0 unspecified atom stereocenters. The smallest absolute Gasteiger partial charge is 0.263 e. The number of aromatic nitrogens is 2. The van der Waals surface area contributed by atoms with Gasteiger partial charge in [0.2, 0.25) is 0 Å². The molecule has 0 fully saturated rings. The van der Waals surface area contributed by atoms with Crippen LogP contribution in [0.15, 0.2) is 29.2 Å². The van der Waals surface area contributed by atoms with Crippen molar-refractivity contribution in [1.29, 1.82) is 0 Å². The Morgan fingerprint density at radius 2 is 2.11 bits per heavy atom. The van der Waals surface area contributed by atoms with Gasteiger partial charge in [-0.2, -0.15) is 0 Å². The quantitative estimate of drug-likeness (QED) is 0.895. The molecule has 1 amide bonds. The summed E-state index contributed by atoms with van der Waals surface area (Å²) in [5.41, 5.74) is -0.274. The molecule has 0 aliphatic rings. The lowest BCUT2D eigenvalue weighted by molar-refractivity contribution is 0.102. The molecule has 19 heavy (non-hydrogen) atoms. The first-order chi connectivity index (χ1) is 8.99. The van der Waals surface area contributed by atoms with Crippen LogP contribution in [0.3, 0.4) is 0 Å².